The lowest BCUT2D eigenvalue weighted by Gasteiger charge is -2.20. The molecule has 0 amide bonds. The normalized spacial score (nSPS) is 11.8. The lowest BCUT2D eigenvalue weighted by atomic mass is 10.0. The van der Waals surface area contributed by atoms with Crippen molar-refractivity contribution in [3.63, 3.8) is 0 Å². The third kappa shape index (κ3) is 5.01. The van der Waals surface area contributed by atoms with E-state index >= 15 is 0 Å². The van der Waals surface area contributed by atoms with E-state index in [-0.39, 0.29) is 5.56 Å². The Morgan fingerprint density at radius 1 is 0.675 bits per heavy atom. The number of rotatable bonds is 7. The Bertz CT molecular complexity index is 1700. The summed E-state index contributed by atoms with van der Waals surface area (Å²) in [5, 5.41) is 0.807. The Kier molecular flexibility index (Phi) is 7.03. The third-order valence-corrected chi connectivity index (χ3v) is 6.38. The molecule has 0 aliphatic heterocycles. The van der Waals surface area contributed by atoms with Gasteiger partial charge in [-0.2, -0.15) is 8.78 Å². The first-order valence-electron chi connectivity index (χ1n) is 12.1. The quantitative estimate of drug-likeness (QED) is 0.143. The van der Waals surface area contributed by atoms with Crippen LogP contribution in [0.2, 0.25) is 0 Å². The average molecular weight is 561 g/mol. The predicted octanol–water partition coefficient (Wildman–Crippen LogP) is 9.35. The average Bonchev–Trinajstić information content (AvgIpc) is 3.28. The lowest BCUT2D eigenvalue weighted by Crippen LogP contribution is -2.25. The summed E-state index contributed by atoms with van der Waals surface area (Å²) in [6, 6.07) is 11.6. The van der Waals surface area contributed by atoms with Crippen LogP contribution < -0.4 is 4.74 Å². The molecule has 0 aliphatic carbocycles. The Labute approximate surface area is 223 Å². The number of aromatic nitrogens is 1. The number of ether oxygens (including phenoxy) is 1. The summed E-state index contributed by atoms with van der Waals surface area (Å²) in [4.78, 5) is 0. The fourth-order valence-electron chi connectivity index (χ4n) is 4.54. The van der Waals surface area contributed by atoms with E-state index in [0.29, 0.717) is 23.8 Å². The van der Waals surface area contributed by atoms with Crippen molar-refractivity contribution in [3.05, 3.63) is 113 Å². The summed E-state index contributed by atoms with van der Waals surface area (Å²) in [5.41, 5.74) is -1.19. The Morgan fingerprint density at radius 3 is 1.95 bits per heavy atom. The van der Waals surface area contributed by atoms with Crippen LogP contribution in [0.3, 0.4) is 0 Å². The van der Waals surface area contributed by atoms with Gasteiger partial charge in [0.25, 0.3) is 0 Å². The minimum atomic E-state index is -4.56. The van der Waals surface area contributed by atoms with Gasteiger partial charge in [0.1, 0.15) is 28.8 Å². The molecule has 5 aromatic rings. The van der Waals surface area contributed by atoms with Crippen molar-refractivity contribution in [2.75, 3.05) is 0 Å². The van der Waals surface area contributed by atoms with Crippen LogP contribution in [-0.2, 0) is 12.7 Å². The van der Waals surface area contributed by atoms with E-state index in [0.717, 1.165) is 48.1 Å². The van der Waals surface area contributed by atoms with Crippen LogP contribution in [0, 0.1) is 34.9 Å². The van der Waals surface area contributed by atoms with Crippen LogP contribution in [0.5, 0.6) is 5.75 Å². The smallest absolute Gasteiger partial charge is 0.429 e. The van der Waals surface area contributed by atoms with Crippen LogP contribution in [-0.4, -0.2) is 4.57 Å². The van der Waals surface area contributed by atoms with E-state index in [9.17, 15) is 35.1 Å². The number of nitrogens with zero attached hydrogens (tertiary/aromatic N) is 1. The zero-order chi connectivity index (χ0) is 28.8. The summed E-state index contributed by atoms with van der Waals surface area (Å²) < 4.78 is 121. The van der Waals surface area contributed by atoms with E-state index in [1.54, 1.807) is 18.2 Å². The molecule has 2 nitrogen and oxygen atoms in total. The minimum absolute atomic E-state index is 0.0221. The molecular weight excluding hydrogens is 542 g/mol. The SMILES string of the molecule is CCCn1ccc2cc(-c3cc(F)c(C(F)(F)Oc4ccc(-c5cc(F)c(F)c(F)c5)c(F)c4)c(F)c3)ccc21. The van der Waals surface area contributed by atoms with Gasteiger partial charge in [0, 0.05) is 35.3 Å². The monoisotopic (exact) mass is 561 g/mol. The second kappa shape index (κ2) is 10.3. The highest BCUT2D eigenvalue weighted by Crippen LogP contribution is 2.38. The molecule has 1 aromatic heterocycles. The Hall–Kier alpha value is -4.34. The van der Waals surface area contributed by atoms with Crippen molar-refractivity contribution in [2.45, 2.75) is 26.0 Å². The van der Waals surface area contributed by atoms with E-state index in [1.807, 2.05) is 23.8 Å². The fraction of sp³-hybridized carbons (Fsp3) is 0.133. The second-order valence-electron chi connectivity index (χ2n) is 9.11. The predicted molar refractivity (Wildman–Crippen MR) is 134 cm³/mol. The van der Waals surface area contributed by atoms with Gasteiger partial charge in [0.2, 0.25) is 0 Å². The summed E-state index contributed by atoms with van der Waals surface area (Å²) in [5.74, 6) is -10.2. The number of benzene rings is 4. The van der Waals surface area contributed by atoms with Crippen LogP contribution in [0.15, 0.2) is 72.9 Å². The van der Waals surface area contributed by atoms with Crippen molar-refractivity contribution in [3.8, 4) is 28.0 Å². The van der Waals surface area contributed by atoms with Gasteiger partial charge in [0.15, 0.2) is 17.5 Å². The van der Waals surface area contributed by atoms with E-state index in [4.69, 9.17) is 0 Å². The fourth-order valence-corrected chi connectivity index (χ4v) is 4.54. The van der Waals surface area contributed by atoms with Crippen molar-refractivity contribution in [2.24, 2.45) is 0 Å². The van der Waals surface area contributed by atoms with E-state index < -0.39 is 63.5 Å². The third-order valence-electron chi connectivity index (χ3n) is 6.38. The van der Waals surface area contributed by atoms with Gasteiger partial charge in [-0.25, -0.2) is 26.3 Å². The summed E-state index contributed by atoms with van der Waals surface area (Å²) in [7, 11) is 0. The molecule has 0 unspecified atom stereocenters. The van der Waals surface area contributed by atoms with Crippen LogP contribution >= 0.6 is 0 Å². The standard InChI is InChI=1S/C30H19F8NO/c1-2-8-39-9-7-17-10-16(3-6-27(17)39)18-11-23(32)28(24(33)12-18)30(37,38)40-20-4-5-21(22(31)15-20)19-13-25(34)29(36)26(35)14-19/h3-7,9-15H,2,8H2,1H3. The van der Waals surface area contributed by atoms with Gasteiger partial charge in [-0.15, -0.1) is 0 Å². The van der Waals surface area contributed by atoms with E-state index in [2.05, 4.69) is 4.74 Å². The number of hydrogen-bond acceptors (Lipinski definition) is 1. The highest BCUT2D eigenvalue weighted by Gasteiger charge is 2.41. The van der Waals surface area contributed by atoms with Gasteiger partial charge < -0.3 is 9.30 Å². The van der Waals surface area contributed by atoms with Gasteiger partial charge in [-0.3, -0.25) is 0 Å². The van der Waals surface area contributed by atoms with Gasteiger partial charge in [-0.05, 0) is 77.7 Å². The molecular formula is C30H19F8NO. The topological polar surface area (TPSA) is 14.2 Å². The maximum absolute atomic E-state index is 14.9. The zero-order valence-electron chi connectivity index (χ0n) is 20.7. The molecule has 10 heteroatoms. The van der Waals surface area contributed by atoms with Gasteiger partial charge in [0.05, 0.1) is 0 Å². The number of alkyl halides is 2. The second-order valence-corrected chi connectivity index (χ2v) is 9.11. The summed E-state index contributed by atoms with van der Waals surface area (Å²) in [6.07, 6.45) is -1.77. The maximum Gasteiger partial charge on any atom is 0.432 e. The summed E-state index contributed by atoms with van der Waals surface area (Å²) >= 11 is 0. The van der Waals surface area contributed by atoms with Gasteiger partial charge in [-0.1, -0.05) is 13.0 Å². The van der Waals surface area contributed by atoms with Crippen LogP contribution in [0.4, 0.5) is 35.1 Å². The van der Waals surface area contributed by atoms with Crippen LogP contribution in [0.1, 0.15) is 18.9 Å². The van der Waals surface area contributed by atoms with Crippen molar-refractivity contribution >= 4 is 10.9 Å². The lowest BCUT2D eigenvalue weighted by molar-refractivity contribution is -0.189. The molecule has 1 heterocycles. The van der Waals surface area contributed by atoms with Crippen LogP contribution in [0.25, 0.3) is 33.2 Å². The molecule has 0 aliphatic rings. The number of aryl methyl sites for hydroxylation is 1. The number of halogens is 8. The molecule has 0 atom stereocenters. The number of fused-ring (bicyclic) bond motifs is 1. The zero-order valence-corrected chi connectivity index (χ0v) is 20.7. The first kappa shape index (κ1) is 27.2. The Balaban J connectivity index is 1.43. The molecule has 40 heavy (non-hydrogen) atoms. The molecule has 0 spiro atoms. The first-order chi connectivity index (χ1) is 19.0. The van der Waals surface area contributed by atoms with E-state index in [1.165, 1.54) is 0 Å². The van der Waals surface area contributed by atoms with Crippen molar-refractivity contribution in [1.82, 2.24) is 4.57 Å². The molecule has 0 radical (unpaired) electrons. The molecule has 5 rings (SSSR count). The molecule has 4 aromatic carbocycles. The molecule has 0 N–H and O–H groups in total. The van der Waals surface area contributed by atoms with Crippen molar-refractivity contribution in [1.29, 1.82) is 0 Å². The molecule has 0 bridgehead atoms. The highest BCUT2D eigenvalue weighted by molar-refractivity contribution is 5.85. The maximum atomic E-state index is 14.9. The Morgan fingerprint density at radius 2 is 1.32 bits per heavy atom. The van der Waals surface area contributed by atoms with Crippen molar-refractivity contribution < 1.29 is 39.9 Å². The summed E-state index contributed by atoms with van der Waals surface area (Å²) in [6.45, 7) is 2.81. The number of hydrogen-bond donors (Lipinski definition) is 0. The highest BCUT2D eigenvalue weighted by atomic mass is 19.3. The molecule has 0 saturated carbocycles. The molecule has 206 valence electrons. The minimum Gasteiger partial charge on any atom is -0.429 e. The molecule has 0 fully saturated rings. The molecule has 0 saturated heterocycles. The van der Waals surface area contributed by atoms with Gasteiger partial charge >= 0.3 is 6.11 Å². The largest absolute Gasteiger partial charge is 0.432 e. The first-order valence-corrected chi connectivity index (χ1v) is 12.1.